The lowest BCUT2D eigenvalue weighted by atomic mass is 10.0. The van der Waals surface area contributed by atoms with Gasteiger partial charge in [0.1, 0.15) is 0 Å². The van der Waals surface area contributed by atoms with E-state index in [4.69, 9.17) is 16.7 Å². The van der Waals surface area contributed by atoms with Crippen molar-refractivity contribution in [3.05, 3.63) is 34.9 Å². The molecule has 0 spiro atoms. The highest BCUT2D eigenvalue weighted by Crippen LogP contribution is 2.19. The molecule has 0 aliphatic heterocycles. The molecule has 2 atom stereocenters. The Morgan fingerprint density at radius 2 is 1.94 bits per heavy atom. The zero-order valence-electron chi connectivity index (χ0n) is 10.6. The van der Waals surface area contributed by atoms with Crippen molar-refractivity contribution < 1.29 is 5.11 Å². The van der Waals surface area contributed by atoms with Crippen molar-refractivity contribution in [2.45, 2.75) is 32.7 Å². The first-order valence-electron chi connectivity index (χ1n) is 6.27. The lowest BCUT2D eigenvalue weighted by Crippen LogP contribution is -2.26. The first kappa shape index (κ1) is 14.5. The normalized spacial score (nSPS) is 14.6. The van der Waals surface area contributed by atoms with Gasteiger partial charge in [-0.05, 0) is 43.0 Å². The highest BCUT2D eigenvalue weighted by Gasteiger charge is 2.10. The van der Waals surface area contributed by atoms with Crippen LogP contribution >= 0.6 is 11.6 Å². The molecule has 2 unspecified atom stereocenters. The maximum Gasteiger partial charge on any atom is 0.0434 e. The Hall–Kier alpha value is -0.570. The summed E-state index contributed by atoms with van der Waals surface area (Å²) in [6.45, 7) is 5.52. The van der Waals surface area contributed by atoms with E-state index in [1.165, 1.54) is 5.56 Å². The van der Waals surface area contributed by atoms with Gasteiger partial charge in [-0.2, -0.15) is 0 Å². The van der Waals surface area contributed by atoms with E-state index in [1.54, 1.807) is 0 Å². The number of nitrogens with one attached hydrogen (secondary N) is 1. The van der Waals surface area contributed by atoms with Crippen LogP contribution in [0, 0.1) is 5.92 Å². The smallest absolute Gasteiger partial charge is 0.0434 e. The van der Waals surface area contributed by atoms with Gasteiger partial charge in [0.2, 0.25) is 0 Å². The number of hydrogen-bond acceptors (Lipinski definition) is 2. The van der Waals surface area contributed by atoms with Gasteiger partial charge in [0.05, 0.1) is 0 Å². The Morgan fingerprint density at radius 1 is 1.29 bits per heavy atom. The molecule has 0 fully saturated rings. The second-order valence-electron chi connectivity index (χ2n) is 4.54. The third-order valence-electron chi connectivity index (χ3n) is 3.02. The summed E-state index contributed by atoms with van der Waals surface area (Å²) in [4.78, 5) is 0. The van der Waals surface area contributed by atoms with Gasteiger partial charge in [0.25, 0.3) is 0 Å². The standard InChI is InChI=1S/C14H22ClNO/c1-3-14(16-10-11(2)8-9-17)12-4-6-13(15)7-5-12/h4-7,11,14,16-17H,3,8-10H2,1-2H3. The summed E-state index contributed by atoms with van der Waals surface area (Å²) in [6.07, 6.45) is 1.90. The molecule has 17 heavy (non-hydrogen) atoms. The summed E-state index contributed by atoms with van der Waals surface area (Å²) in [5, 5.41) is 13.2. The Balaban J connectivity index is 2.51. The highest BCUT2D eigenvalue weighted by molar-refractivity contribution is 6.30. The molecule has 1 rings (SSSR count). The minimum atomic E-state index is 0.264. The maximum absolute atomic E-state index is 8.86. The van der Waals surface area contributed by atoms with Crippen LogP contribution in [0.15, 0.2) is 24.3 Å². The molecule has 3 heteroatoms. The SMILES string of the molecule is CCC(NCC(C)CCO)c1ccc(Cl)cc1. The molecule has 2 N–H and O–H groups in total. The Bertz CT molecular complexity index is 313. The second-order valence-corrected chi connectivity index (χ2v) is 4.97. The molecule has 0 saturated carbocycles. The molecule has 1 aromatic carbocycles. The number of aliphatic hydroxyl groups is 1. The van der Waals surface area contributed by atoms with Crippen LogP contribution in [0.5, 0.6) is 0 Å². The van der Waals surface area contributed by atoms with Gasteiger partial charge in [-0.1, -0.05) is 37.6 Å². The monoisotopic (exact) mass is 255 g/mol. The molecule has 0 amide bonds. The predicted octanol–water partition coefficient (Wildman–Crippen LogP) is 3.40. The summed E-state index contributed by atoms with van der Waals surface area (Å²) in [6, 6.07) is 8.37. The third-order valence-corrected chi connectivity index (χ3v) is 3.27. The van der Waals surface area contributed by atoms with Crippen LogP contribution in [0.25, 0.3) is 0 Å². The molecule has 0 bridgehead atoms. The Morgan fingerprint density at radius 3 is 2.47 bits per heavy atom. The largest absolute Gasteiger partial charge is 0.396 e. The summed E-state index contributed by atoms with van der Waals surface area (Å²) in [7, 11) is 0. The van der Waals surface area contributed by atoms with Gasteiger partial charge >= 0.3 is 0 Å². The van der Waals surface area contributed by atoms with Gasteiger partial charge in [-0.15, -0.1) is 0 Å². The van der Waals surface area contributed by atoms with Gasteiger partial charge in [-0.3, -0.25) is 0 Å². The van der Waals surface area contributed by atoms with Gasteiger partial charge < -0.3 is 10.4 Å². The van der Waals surface area contributed by atoms with E-state index >= 15 is 0 Å². The topological polar surface area (TPSA) is 32.3 Å². The van der Waals surface area contributed by atoms with Crippen LogP contribution in [-0.4, -0.2) is 18.3 Å². The van der Waals surface area contributed by atoms with E-state index < -0.39 is 0 Å². The minimum Gasteiger partial charge on any atom is -0.396 e. The fourth-order valence-corrected chi connectivity index (χ4v) is 1.98. The molecule has 2 nitrogen and oxygen atoms in total. The van der Waals surface area contributed by atoms with Crippen LogP contribution in [0.4, 0.5) is 0 Å². The quantitative estimate of drug-likeness (QED) is 0.783. The molecular weight excluding hydrogens is 234 g/mol. The Kier molecular flexibility index (Phi) is 6.56. The van der Waals surface area contributed by atoms with Crippen LogP contribution < -0.4 is 5.32 Å². The summed E-state index contributed by atoms with van der Waals surface area (Å²) < 4.78 is 0. The molecule has 0 heterocycles. The molecule has 0 saturated heterocycles. The van der Waals surface area contributed by atoms with Gasteiger partial charge in [0, 0.05) is 17.7 Å². The molecule has 96 valence electrons. The van der Waals surface area contributed by atoms with Crippen molar-refractivity contribution >= 4 is 11.6 Å². The van der Waals surface area contributed by atoms with E-state index in [0.717, 1.165) is 24.4 Å². The zero-order valence-corrected chi connectivity index (χ0v) is 11.4. The summed E-state index contributed by atoms with van der Waals surface area (Å²) in [5.74, 6) is 0.501. The summed E-state index contributed by atoms with van der Waals surface area (Å²) >= 11 is 5.88. The molecule has 1 aromatic rings. The second kappa shape index (κ2) is 7.70. The number of halogens is 1. The van der Waals surface area contributed by atoms with Crippen molar-refractivity contribution in [2.24, 2.45) is 5.92 Å². The fraction of sp³-hybridized carbons (Fsp3) is 0.571. The van der Waals surface area contributed by atoms with Crippen LogP contribution in [0.1, 0.15) is 38.3 Å². The van der Waals surface area contributed by atoms with E-state index in [-0.39, 0.29) is 6.61 Å². The molecule has 0 aliphatic carbocycles. The van der Waals surface area contributed by atoms with Crippen molar-refractivity contribution in [3.8, 4) is 0 Å². The first-order chi connectivity index (χ1) is 8.17. The van der Waals surface area contributed by atoms with Crippen LogP contribution in [-0.2, 0) is 0 Å². The van der Waals surface area contributed by atoms with Gasteiger partial charge in [-0.25, -0.2) is 0 Å². The van der Waals surface area contributed by atoms with E-state index in [9.17, 15) is 0 Å². The summed E-state index contributed by atoms with van der Waals surface area (Å²) in [5.41, 5.74) is 1.27. The van der Waals surface area contributed by atoms with Crippen LogP contribution in [0.3, 0.4) is 0 Å². The fourth-order valence-electron chi connectivity index (χ4n) is 1.86. The van der Waals surface area contributed by atoms with Crippen molar-refractivity contribution in [1.29, 1.82) is 0 Å². The van der Waals surface area contributed by atoms with E-state index in [2.05, 4.69) is 31.3 Å². The molecule has 0 radical (unpaired) electrons. The van der Waals surface area contributed by atoms with Crippen LogP contribution in [0.2, 0.25) is 5.02 Å². The minimum absolute atomic E-state index is 0.264. The van der Waals surface area contributed by atoms with Crippen molar-refractivity contribution in [2.75, 3.05) is 13.2 Å². The molecule has 0 aliphatic rings. The third kappa shape index (κ3) is 5.07. The predicted molar refractivity (Wildman–Crippen MR) is 73.4 cm³/mol. The number of aliphatic hydroxyl groups excluding tert-OH is 1. The Labute approximate surface area is 109 Å². The van der Waals surface area contributed by atoms with E-state index in [0.29, 0.717) is 12.0 Å². The maximum atomic E-state index is 8.86. The highest BCUT2D eigenvalue weighted by atomic mass is 35.5. The van der Waals surface area contributed by atoms with E-state index in [1.807, 2.05) is 12.1 Å². The number of benzene rings is 1. The average Bonchev–Trinajstić information content (AvgIpc) is 2.32. The molecular formula is C14H22ClNO. The number of rotatable bonds is 7. The van der Waals surface area contributed by atoms with Crippen molar-refractivity contribution in [3.63, 3.8) is 0 Å². The molecule has 0 aromatic heterocycles. The lowest BCUT2D eigenvalue weighted by Gasteiger charge is -2.20. The first-order valence-corrected chi connectivity index (χ1v) is 6.64. The zero-order chi connectivity index (χ0) is 12.7. The van der Waals surface area contributed by atoms with Crippen molar-refractivity contribution in [1.82, 2.24) is 5.32 Å². The average molecular weight is 256 g/mol. The lowest BCUT2D eigenvalue weighted by molar-refractivity contribution is 0.257. The number of hydrogen-bond donors (Lipinski definition) is 2. The van der Waals surface area contributed by atoms with Gasteiger partial charge in [0.15, 0.2) is 0 Å².